The maximum atomic E-state index is 12.3. The van der Waals surface area contributed by atoms with Crippen molar-refractivity contribution in [1.82, 2.24) is 4.72 Å². The van der Waals surface area contributed by atoms with Gasteiger partial charge >= 0.3 is 5.97 Å². The molecule has 0 fully saturated rings. The monoisotopic (exact) mass is 345 g/mol. The Labute approximate surface area is 131 Å². The Morgan fingerprint density at radius 3 is 2.67 bits per heavy atom. The molecule has 0 aliphatic rings. The summed E-state index contributed by atoms with van der Waals surface area (Å²) in [6.07, 6.45) is 0. The minimum Gasteiger partial charge on any atom is -0.478 e. The van der Waals surface area contributed by atoms with Crippen molar-refractivity contribution in [2.75, 3.05) is 0 Å². The SMILES string of the molecule is C[C@H](NS(=O)(=O)c1ccc(Cl)c(C(=O)O)c1)c1cccs1. The van der Waals surface area contributed by atoms with E-state index in [-0.39, 0.29) is 15.5 Å². The Morgan fingerprint density at radius 1 is 1.38 bits per heavy atom. The summed E-state index contributed by atoms with van der Waals surface area (Å²) in [5.74, 6) is -1.27. The summed E-state index contributed by atoms with van der Waals surface area (Å²) < 4.78 is 27.1. The third-order valence-corrected chi connectivity index (χ3v) is 5.70. The molecule has 0 aliphatic heterocycles. The molecule has 0 spiro atoms. The summed E-state index contributed by atoms with van der Waals surface area (Å²) in [5, 5.41) is 10.8. The number of benzene rings is 1. The number of halogens is 1. The first-order valence-corrected chi connectivity index (χ1v) is 8.64. The molecule has 2 rings (SSSR count). The van der Waals surface area contributed by atoms with Gasteiger partial charge in [0.25, 0.3) is 0 Å². The molecule has 0 unspecified atom stereocenters. The average molecular weight is 346 g/mol. The average Bonchev–Trinajstić information content (AvgIpc) is 2.92. The Bertz CT molecular complexity index is 756. The van der Waals surface area contributed by atoms with Gasteiger partial charge in [0.05, 0.1) is 21.5 Å². The highest BCUT2D eigenvalue weighted by atomic mass is 35.5. The van der Waals surface area contributed by atoms with Gasteiger partial charge in [-0.05, 0) is 36.6 Å². The normalized spacial score (nSPS) is 13.0. The molecule has 112 valence electrons. The van der Waals surface area contributed by atoms with Crippen LogP contribution >= 0.6 is 22.9 Å². The zero-order chi connectivity index (χ0) is 15.6. The lowest BCUT2D eigenvalue weighted by Crippen LogP contribution is -2.26. The van der Waals surface area contributed by atoms with Crippen molar-refractivity contribution in [2.45, 2.75) is 17.9 Å². The Balaban J connectivity index is 2.32. The fraction of sp³-hybridized carbons (Fsp3) is 0.154. The van der Waals surface area contributed by atoms with E-state index in [1.54, 1.807) is 6.92 Å². The standard InChI is InChI=1S/C13H12ClNO4S2/c1-8(12-3-2-6-20-12)15-21(18,19)9-4-5-11(14)10(7-9)13(16)17/h2-8,15H,1H3,(H,16,17)/t8-/m0/s1. The van der Waals surface area contributed by atoms with E-state index in [1.165, 1.54) is 23.5 Å². The van der Waals surface area contributed by atoms with E-state index in [0.29, 0.717) is 0 Å². The van der Waals surface area contributed by atoms with E-state index >= 15 is 0 Å². The number of carboxylic acids is 1. The van der Waals surface area contributed by atoms with Crippen LogP contribution in [0.2, 0.25) is 5.02 Å². The zero-order valence-corrected chi connectivity index (χ0v) is 13.3. The van der Waals surface area contributed by atoms with Crippen LogP contribution in [0.15, 0.2) is 40.6 Å². The molecule has 1 atom stereocenters. The van der Waals surface area contributed by atoms with Crippen molar-refractivity contribution in [1.29, 1.82) is 0 Å². The van der Waals surface area contributed by atoms with Gasteiger partial charge in [-0.25, -0.2) is 17.9 Å². The molecule has 21 heavy (non-hydrogen) atoms. The van der Waals surface area contributed by atoms with Crippen molar-refractivity contribution in [2.24, 2.45) is 0 Å². The summed E-state index contributed by atoms with van der Waals surface area (Å²) in [7, 11) is -3.82. The predicted octanol–water partition coefficient (Wildman–Crippen LogP) is 3.14. The van der Waals surface area contributed by atoms with Crippen LogP contribution in [-0.4, -0.2) is 19.5 Å². The molecule has 8 heteroatoms. The van der Waals surface area contributed by atoms with Crippen molar-refractivity contribution in [3.05, 3.63) is 51.2 Å². The number of nitrogens with one attached hydrogen (secondary N) is 1. The molecular formula is C13H12ClNO4S2. The predicted molar refractivity (Wildman–Crippen MR) is 81.5 cm³/mol. The maximum Gasteiger partial charge on any atom is 0.337 e. The van der Waals surface area contributed by atoms with Crippen LogP contribution < -0.4 is 4.72 Å². The van der Waals surface area contributed by atoms with Gasteiger partial charge in [0.2, 0.25) is 10.0 Å². The molecule has 0 saturated carbocycles. The Hall–Kier alpha value is -1.41. The number of carboxylic acid groups (broad SMARTS) is 1. The van der Waals surface area contributed by atoms with Crippen LogP contribution in [0.1, 0.15) is 28.2 Å². The van der Waals surface area contributed by atoms with E-state index in [2.05, 4.69) is 4.72 Å². The van der Waals surface area contributed by atoms with E-state index in [4.69, 9.17) is 16.7 Å². The zero-order valence-electron chi connectivity index (χ0n) is 10.9. The van der Waals surface area contributed by atoms with Gasteiger partial charge in [0.1, 0.15) is 0 Å². The first-order valence-electron chi connectivity index (χ1n) is 5.90. The highest BCUT2D eigenvalue weighted by Crippen LogP contribution is 2.24. The van der Waals surface area contributed by atoms with E-state index in [1.807, 2.05) is 17.5 Å². The van der Waals surface area contributed by atoms with Gasteiger partial charge < -0.3 is 5.11 Å². The van der Waals surface area contributed by atoms with Crippen molar-refractivity contribution >= 4 is 38.9 Å². The van der Waals surface area contributed by atoms with Gasteiger partial charge in [0, 0.05) is 4.88 Å². The van der Waals surface area contributed by atoms with Crippen LogP contribution in [0.4, 0.5) is 0 Å². The summed E-state index contributed by atoms with van der Waals surface area (Å²) in [4.78, 5) is 11.7. The first-order chi connectivity index (χ1) is 9.81. The van der Waals surface area contributed by atoms with Gasteiger partial charge in [-0.1, -0.05) is 17.7 Å². The lowest BCUT2D eigenvalue weighted by atomic mass is 10.2. The Kier molecular flexibility index (Phi) is 4.67. The highest BCUT2D eigenvalue weighted by molar-refractivity contribution is 7.89. The lowest BCUT2D eigenvalue weighted by Gasteiger charge is -2.13. The molecular weight excluding hydrogens is 334 g/mol. The first kappa shape index (κ1) is 16.0. The maximum absolute atomic E-state index is 12.3. The molecule has 0 amide bonds. The number of aromatic carboxylic acids is 1. The van der Waals surface area contributed by atoms with Gasteiger partial charge in [-0.3, -0.25) is 0 Å². The van der Waals surface area contributed by atoms with Crippen LogP contribution in [0.25, 0.3) is 0 Å². The molecule has 1 heterocycles. The van der Waals surface area contributed by atoms with E-state index in [9.17, 15) is 13.2 Å². The number of sulfonamides is 1. The van der Waals surface area contributed by atoms with Gasteiger partial charge in [0.15, 0.2) is 0 Å². The van der Waals surface area contributed by atoms with Gasteiger partial charge in [-0.2, -0.15) is 0 Å². The quantitative estimate of drug-likeness (QED) is 0.872. The van der Waals surface area contributed by atoms with Crippen molar-refractivity contribution in [3.8, 4) is 0 Å². The fourth-order valence-electron chi connectivity index (χ4n) is 1.73. The smallest absolute Gasteiger partial charge is 0.337 e. The lowest BCUT2D eigenvalue weighted by molar-refractivity contribution is 0.0697. The fourth-order valence-corrected chi connectivity index (χ4v) is 3.99. The topological polar surface area (TPSA) is 83.5 Å². The largest absolute Gasteiger partial charge is 0.478 e. The summed E-state index contributed by atoms with van der Waals surface area (Å²) in [6.45, 7) is 1.72. The van der Waals surface area contributed by atoms with E-state index in [0.717, 1.165) is 10.9 Å². The minimum absolute atomic E-state index is 0.00671. The highest BCUT2D eigenvalue weighted by Gasteiger charge is 2.21. The van der Waals surface area contributed by atoms with Crippen molar-refractivity contribution < 1.29 is 18.3 Å². The number of hydrogen-bond acceptors (Lipinski definition) is 4. The van der Waals surface area contributed by atoms with Gasteiger partial charge in [-0.15, -0.1) is 11.3 Å². The molecule has 5 nitrogen and oxygen atoms in total. The molecule has 2 aromatic rings. The summed E-state index contributed by atoms with van der Waals surface area (Å²) >= 11 is 7.17. The van der Waals surface area contributed by atoms with Crippen molar-refractivity contribution in [3.63, 3.8) is 0 Å². The van der Waals surface area contributed by atoms with E-state index < -0.39 is 22.0 Å². The van der Waals surface area contributed by atoms with Crippen LogP contribution in [0, 0.1) is 0 Å². The molecule has 1 aromatic heterocycles. The second-order valence-electron chi connectivity index (χ2n) is 4.31. The second-order valence-corrected chi connectivity index (χ2v) is 7.41. The van der Waals surface area contributed by atoms with Crippen LogP contribution in [0.3, 0.4) is 0 Å². The number of hydrogen-bond donors (Lipinski definition) is 2. The summed E-state index contributed by atoms with van der Waals surface area (Å²) in [6, 6.07) is 6.83. The molecule has 2 N–H and O–H groups in total. The number of carbonyl (C=O) groups is 1. The Morgan fingerprint density at radius 2 is 2.10 bits per heavy atom. The minimum atomic E-state index is -3.82. The van der Waals surface area contributed by atoms with Crippen LogP contribution in [0.5, 0.6) is 0 Å². The second kappa shape index (κ2) is 6.15. The molecule has 0 radical (unpaired) electrons. The number of rotatable bonds is 5. The number of thiophene rings is 1. The molecule has 0 aliphatic carbocycles. The third-order valence-electron chi connectivity index (χ3n) is 2.78. The molecule has 0 saturated heterocycles. The van der Waals surface area contributed by atoms with Crippen LogP contribution in [-0.2, 0) is 10.0 Å². The molecule has 1 aromatic carbocycles. The third kappa shape index (κ3) is 3.62. The molecule has 0 bridgehead atoms. The summed E-state index contributed by atoms with van der Waals surface area (Å²) in [5.41, 5.74) is -0.247.